The number of rotatable bonds is 118. The van der Waals surface area contributed by atoms with Crippen LogP contribution in [-0.4, -0.2) is 210 Å². The summed E-state index contributed by atoms with van der Waals surface area (Å²) in [5.41, 5.74) is -1.44. The first kappa shape index (κ1) is 141. The van der Waals surface area contributed by atoms with Gasteiger partial charge in [-0.3, -0.25) is 57.9 Å². The van der Waals surface area contributed by atoms with Gasteiger partial charge in [0, 0.05) is 39.8 Å². The first-order valence-corrected chi connectivity index (χ1v) is 62.3. The Balaban J connectivity index is 7.67. The largest absolute Gasteiger partial charge is 0.480 e. The Morgan fingerprint density at radius 3 is 0.619 bits per heavy atom. The van der Waals surface area contributed by atoms with Crippen LogP contribution in [0.1, 0.15) is 600 Å². The highest BCUT2D eigenvalue weighted by molar-refractivity contribution is 5.81. The SMILES string of the molecule is CCCCCCCCCCCCCCC(CCCCCCCCCCCCCC)C(=O)OCC(COC(=O)C(CCCCCCCCCCCCCC)CCCCCCCCCCCCCC)(COC(=O)C(CCCCCCCCCCCCCC)CCCCCCCCCCCCCC)COC(=O)N(C)CCCCCCCCCCOC(=O)CC(C(=O)O)N(CCN(CC(=O)O)CC(=O)O)CCN(CC(=O)O)CC(=O)O. The van der Waals surface area contributed by atoms with Crippen molar-refractivity contribution in [3.05, 3.63) is 0 Å². The lowest BCUT2D eigenvalue weighted by molar-refractivity contribution is -0.171. The van der Waals surface area contributed by atoms with Crippen LogP contribution in [-0.2, 0) is 66.8 Å². The van der Waals surface area contributed by atoms with Crippen molar-refractivity contribution in [2.75, 3.05) is 99.0 Å². The molecule has 147 heavy (non-hydrogen) atoms. The minimum absolute atomic E-state index is 0.00475. The summed E-state index contributed by atoms with van der Waals surface area (Å²) in [7, 11) is 1.72. The van der Waals surface area contributed by atoms with E-state index in [0.717, 1.165) is 157 Å². The summed E-state index contributed by atoms with van der Waals surface area (Å²) in [5.74, 6) is -9.54. The molecule has 24 heteroatoms. The van der Waals surface area contributed by atoms with E-state index < -0.39 is 86.0 Å². The summed E-state index contributed by atoms with van der Waals surface area (Å²) in [5, 5.41) is 48.2. The minimum atomic E-state index is -1.56. The molecule has 0 radical (unpaired) electrons. The number of esters is 4. The lowest BCUT2D eigenvalue weighted by Crippen LogP contribution is -2.50. The van der Waals surface area contributed by atoms with Gasteiger partial charge < -0.3 is 54.1 Å². The zero-order valence-electron chi connectivity index (χ0n) is 96.4. The number of carboxylic acid groups (broad SMARTS) is 5. The molecule has 0 aliphatic carbocycles. The van der Waals surface area contributed by atoms with Crippen LogP contribution in [0.25, 0.3) is 0 Å². The van der Waals surface area contributed by atoms with Gasteiger partial charge in [-0.05, 0) is 51.4 Å². The van der Waals surface area contributed by atoms with Crippen molar-refractivity contribution >= 4 is 59.8 Å². The molecule has 0 fully saturated rings. The number of aliphatic carboxylic acids is 5. The van der Waals surface area contributed by atoms with Gasteiger partial charge in [-0.1, -0.05) is 542 Å². The molecule has 0 spiro atoms. The maximum absolute atomic E-state index is 15.4. The molecule has 0 aromatic carbocycles. The quantitative estimate of drug-likeness (QED) is 0.0214. The molecule has 24 nitrogen and oxygen atoms in total. The van der Waals surface area contributed by atoms with Gasteiger partial charge in [0.05, 0.1) is 57.0 Å². The smallest absolute Gasteiger partial charge is 0.409 e. The number of ether oxygens (including phenoxy) is 5. The molecule has 1 amide bonds. The van der Waals surface area contributed by atoms with Crippen LogP contribution >= 0.6 is 0 Å². The van der Waals surface area contributed by atoms with Crippen molar-refractivity contribution in [3.63, 3.8) is 0 Å². The van der Waals surface area contributed by atoms with E-state index in [1.54, 1.807) is 11.9 Å². The van der Waals surface area contributed by atoms with E-state index in [2.05, 4.69) is 41.5 Å². The highest BCUT2D eigenvalue weighted by Gasteiger charge is 2.41. The summed E-state index contributed by atoms with van der Waals surface area (Å²) in [4.78, 5) is 139. The number of nitrogens with zero attached hydrogens (tertiary/aromatic N) is 4. The Kier molecular flexibility index (Phi) is 102. The predicted molar refractivity (Wildman–Crippen MR) is 603 cm³/mol. The minimum Gasteiger partial charge on any atom is -0.480 e. The van der Waals surface area contributed by atoms with Crippen molar-refractivity contribution in [2.45, 2.75) is 606 Å². The van der Waals surface area contributed by atoms with Crippen molar-refractivity contribution in [2.24, 2.45) is 23.2 Å². The molecule has 0 aliphatic heterocycles. The second-order valence-electron chi connectivity index (χ2n) is 44.6. The number of carbonyl (C=O) groups is 10. The Morgan fingerprint density at radius 1 is 0.224 bits per heavy atom. The average molecular weight is 2090 g/mol. The van der Waals surface area contributed by atoms with Crippen molar-refractivity contribution in [1.29, 1.82) is 0 Å². The molecule has 0 heterocycles. The van der Waals surface area contributed by atoms with E-state index in [0.29, 0.717) is 64.3 Å². The average Bonchev–Trinajstić information content (AvgIpc) is 0.836. The molecule has 0 saturated carbocycles. The molecule has 0 aliphatic rings. The Labute approximate surface area is 899 Å². The normalized spacial score (nSPS) is 12.0. The number of unbranched alkanes of at least 4 members (excludes halogenated alkanes) is 73. The van der Waals surface area contributed by atoms with E-state index in [9.17, 15) is 59.1 Å². The molecule has 0 aromatic heterocycles. The zero-order valence-corrected chi connectivity index (χ0v) is 96.4. The molecule has 0 bridgehead atoms. The summed E-state index contributed by atoms with van der Waals surface area (Å²) in [6.45, 7) is 9.11. The summed E-state index contributed by atoms with van der Waals surface area (Å²) in [6, 6.07) is -1.56. The maximum Gasteiger partial charge on any atom is 0.409 e. The molecule has 0 aromatic rings. The van der Waals surface area contributed by atoms with E-state index in [4.69, 9.17) is 23.7 Å². The topological polar surface area (TPSA) is 331 Å². The number of carboxylic acids is 5. The fourth-order valence-electron chi connectivity index (χ4n) is 20.7. The second-order valence-corrected chi connectivity index (χ2v) is 44.6. The van der Waals surface area contributed by atoms with Gasteiger partial charge in [0.25, 0.3) is 0 Å². The van der Waals surface area contributed by atoms with E-state index in [1.807, 2.05) is 0 Å². The van der Waals surface area contributed by atoms with Crippen LogP contribution in [0.15, 0.2) is 0 Å². The predicted octanol–water partition coefficient (Wildman–Crippen LogP) is 32.8. The number of carbonyl (C=O) groups excluding carboxylic acids is 5. The number of amides is 1. The third-order valence-electron chi connectivity index (χ3n) is 30.4. The summed E-state index contributed by atoms with van der Waals surface area (Å²) in [6.07, 6.45) is 96.8. The molecule has 1 unspecified atom stereocenters. The van der Waals surface area contributed by atoms with Crippen LogP contribution in [0.5, 0.6) is 0 Å². The molecular weight excluding hydrogens is 1850 g/mol. The van der Waals surface area contributed by atoms with Crippen LogP contribution in [0, 0.1) is 23.2 Å². The lowest BCUT2D eigenvalue weighted by atomic mass is 9.90. The lowest BCUT2D eigenvalue weighted by Gasteiger charge is -2.33. The van der Waals surface area contributed by atoms with Crippen LogP contribution in [0.4, 0.5) is 4.79 Å². The highest BCUT2D eigenvalue weighted by Crippen LogP contribution is 2.32. The Hall–Kier alpha value is -5.62. The number of hydrogen-bond donors (Lipinski definition) is 5. The van der Waals surface area contributed by atoms with Crippen LogP contribution in [0.3, 0.4) is 0 Å². The summed E-state index contributed by atoms with van der Waals surface area (Å²) >= 11 is 0. The van der Waals surface area contributed by atoms with E-state index in [1.165, 1.54) is 352 Å². The Morgan fingerprint density at radius 2 is 0.415 bits per heavy atom. The number of hydrogen-bond acceptors (Lipinski definition) is 18. The maximum atomic E-state index is 15.4. The molecule has 1 atom stereocenters. The fraction of sp³-hybridized carbons (Fsp3) is 0.919. The first-order chi connectivity index (χ1) is 71.5. The fourth-order valence-corrected chi connectivity index (χ4v) is 20.7. The first-order valence-electron chi connectivity index (χ1n) is 62.3. The van der Waals surface area contributed by atoms with Gasteiger partial charge in [-0.25, -0.2) is 4.79 Å². The van der Waals surface area contributed by atoms with Gasteiger partial charge in [0.2, 0.25) is 0 Å². The third kappa shape index (κ3) is 92.6. The molecule has 864 valence electrons. The van der Waals surface area contributed by atoms with Crippen molar-refractivity contribution < 1.29 is 97.2 Å². The highest BCUT2D eigenvalue weighted by atomic mass is 16.6. The summed E-state index contributed by atoms with van der Waals surface area (Å²) < 4.78 is 32.3. The van der Waals surface area contributed by atoms with Gasteiger partial charge in [0.1, 0.15) is 37.9 Å². The van der Waals surface area contributed by atoms with Crippen LogP contribution in [0.2, 0.25) is 0 Å². The second kappa shape index (κ2) is 106. The standard InChI is InChI=1S/C123H232N4O20/c1-8-14-20-26-32-38-44-50-56-64-72-80-88-109(89-81-73-65-57-51-45-39-33-27-21-15-9-2)119(139)144-105-123(106-145-120(140)110(90-82-74-66-58-52-46-40-34-28-22-16-10-3)91-83-75-67-59-53-47-41-35-29-23-17-11-4,107-146-121(141)111(92-84-76-68-60-54-48-42-36-30-24-18-12-5)93-85-77-69-61-55-49-43-37-31-25-19-13-6)108-147-122(142)124(7)94-86-78-70-62-63-71-79-87-99-143-117(136)100-112(118(137)138)127(97-95-125(101-113(128)129)102-114(130)131)98-96-126(103-115(132)133)104-116(134)135/h109-112H,8-108H2,1-7H3,(H,128,129)(H,130,131)(H,132,133)(H,134,135)(H,137,138). The molecule has 0 saturated heterocycles. The van der Waals surface area contributed by atoms with Gasteiger partial charge in [0.15, 0.2) is 0 Å². The van der Waals surface area contributed by atoms with Gasteiger partial charge in [-0.15, -0.1) is 0 Å². The monoisotopic (exact) mass is 2090 g/mol. The van der Waals surface area contributed by atoms with E-state index in [-0.39, 0.29) is 94.9 Å². The van der Waals surface area contributed by atoms with Gasteiger partial charge in [-0.2, -0.15) is 0 Å². The van der Waals surface area contributed by atoms with Gasteiger partial charge >= 0.3 is 59.8 Å². The Bertz CT molecular complexity index is 2710. The zero-order chi connectivity index (χ0) is 108. The molecular formula is C123H232N4O20. The molecule has 5 N–H and O–H groups in total. The molecule has 0 rings (SSSR count). The van der Waals surface area contributed by atoms with Crippen LogP contribution < -0.4 is 0 Å². The van der Waals surface area contributed by atoms with E-state index >= 15 is 14.4 Å². The third-order valence-corrected chi connectivity index (χ3v) is 30.4. The van der Waals surface area contributed by atoms with Crippen molar-refractivity contribution in [3.8, 4) is 0 Å². The van der Waals surface area contributed by atoms with Crippen molar-refractivity contribution in [1.82, 2.24) is 19.6 Å².